The van der Waals surface area contributed by atoms with E-state index in [4.69, 9.17) is 0 Å². The largest absolute Gasteiger partial charge is 0.505 e. The van der Waals surface area contributed by atoms with Crippen molar-refractivity contribution in [2.45, 2.75) is 25.3 Å². The minimum absolute atomic E-state index is 0.116. The second kappa shape index (κ2) is 7.25. The molecular formula is C20H21FN4O. The van der Waals surface area contributed by atoms with E-state index in [-0.39, 0.29) is 11.7 Å². The van der Waals surface area contributed by atoms with E-state index < -0.39 is 5.82 Å². The van der Waals surface area contributed by atoms with Crippen molar-refractivity contribution in [2.24, 2.45) is 0 Å². The summed E-state index contributed by atoms with van der Waals surface area (Å²) in [5.41, 5.74) is 2.81. The molecule has 0 amide bonds. The molecule has 5 nitrogen and oxygen atoms in total. The standard InChI is InChI=1S/C20H21FN4O/c21-20-18(4-1-5-19(20)26)16-3-2-11-24(14-16)13-15-6-8-17(9-7-15)25-12-10-22-23-25/h1,4-10,12,16,26H,2-3,11,13-14H2. The number of likely N-dealkylation sites (tertiary alicyclic amines) is 1. The highest BCUT2D eigenvalue weighted by molar-refractivity contribution is 5.34. The van der Waals surface area contributed by atoms with Crippen molar-refractivity contribution in [3.63, 3.8) is 0 Å². The fourth-order valence-corrected chi connectivity index (χ4v) is 3.66. The molecule has 0 saturated carbocycles. The van der Waals surface area contributed by atoms with Gasteiger partial charge in [-0.2, -0.15) is 0 Å². The molecule has 4 rings (SSSR count). The first-order valence-corrected chi connectivity index (χ1v) is 8.86. The molecule has 1 aliphatic heterocycles. The third-order valence-corrected chi connectivity index (χ3v) is 4.98. The van der Waals surface area contributed by atoms with Crippen LogP contribution in [-0.4, -0.2) is 38.1 Å². The summed E-state index contributed by atoms with van der Waals surface area (Å²) in [5.74, 6) is -0.620. The summed E-state index contributed by atoms with van der Waals surface area (Å²) in [7, 11) is 0. The van der Waals surface area contributed by atoms with Gasteiger partial charge in [0, 0.05) is 13.1 Å². The van der Waals surface area contributed by atoms with Crippen LogP contribution < -0.4 is 0 Å². The molecule has 1 aliphatic rings. The lowest BCUT2D eigenvalue weighted by molar-refractivity contribution is 0.198. The number of aromatic nitrogens is 3. The minimum Gasteiger partial charge on any atom is -0.505 e. The van der Waals surface area contributed by atoms with Crippen molar-refractivity contribution in [3.8, 4) is 11.4 Å². The Kier molecular flexibility index (Phi) is 4.67. The molecule has 0 radical (unpaired) electrons. The van der Waals surface area contributed by atoms with E-state index in [0.717, 1.165) is 38.2 Å². The fourth-order valence-electron chi connectivity index (χ4n) is 3.66. The molecule has 0 bridgehead atoms. The number of halogens is 1. The van der Waals surface area contributed by atoms with Crippen molar-refractivity contribution in [2.75, 3.05) is 13.1 Å². The number of benzene rings is 2. The van der Waals surface area contributed by atoms with E-state index in [2.05, 4.69) is 27.3 Å². The van der Waals surface area contributed by atoms with Gasteiger partial charge in [-0.3, -0.25) is 4.90 Å². The molecule has 1 fully saturated rings. The van der Waals surface area contributed by atoms with Gasteiger partial charge in [0.1, 0.15) is 0 Å². The molecule has 1 aromatic heterocycles. The molecule has 0 aliphatic carbocycles. The first-order chi connectivity index (χ1) is 12.7. The van der Waals surface area contributed by atoms with E-state index in [1.807, 2.05) is 18.3 Å². The average Bonchev–Trinajstić information content (AvgIpc) is 3.20. The predicted octanol–water partition coefficient (Wildman–Crippen LogP) is 3.49. The van der Waals surface area contributed by atoms with Crippen LogP contribution in [0.15, 0.2) is 54.9 Å². The van der Waals surface area contributed by atoms with E-state index >= 15 is 0 Å². The van der Waals surface area contributed by atoms with Crippen molar-refractivity contribution < 1.29 is 9.50 Å². The lowest BCUT2D eigenvalue weighted by atomic mass is 9.90. The van der Waals surface area contributed by atoms with Crippen LogP contribution in [0.5, 0.6) is 5.75 Å². The topological polar surface area (TPSA) is 54.2 Å². The molecule has 1 N–H and O–H groups in total. The monoisotopic (exact) mass is 352 g/mol. The Balaban J connectivity index is 1.44. The molecule has 1 atom stereocenters. The SMILES string of the molecule is Oc1cccc(C2CCCN(Cc3ccc(-n4ccnn4)cc3)C2)c1F. The number of hydrogen-bond acceptors (Lipinski definition) is 4. The third kappa shape index (κ3) is 3.46. The van der Waals surface area contributed by atoms with E-state index in [0.29, 0.717) is 5.56 Å². The van der Waals surface area contributed by atoms with Crippen molar-refractivity contribution in [3.05, 3.63) is 71.8 Å². The summed E-state index contributed by atoms with van der Waals surface area (Å²) in [6, 6.07) is 13.1. The normalized spacial score (nSPS) is 18.1. The second-order valence-corrected chi connectivity index (χ2v) is 6.77. The van der Waals surface area contributed by atoms with Gasteiger partial charge in [0.2, 0.25) is 0 Å². The van der Waals surface area contributed by atoms with E-state index in [1.165, 1.54) is 11.6 Å². The van der Waals surface area contributed by atoms with Gasteiger partial charge in [-0.05, 0) is 54.6 Å². The Labute approximate surface area is 151 Å². The summed E-state index contributed by atoms with van der Waals surface area (Å²) in [6.07, 6.45) is 5.44. The van der Waals surface area contributed by atoms with Crippen LogP contribution >= 0.6 is 0 Å². The Morgan fingerprint density at radius 1 is 1.15 bits per heavy atom. The lowest BCUT2D eigenvalue weighted by Gasteiger charge is -2.33. The molecule has 2 heterocycles. The maximum absolute atomic E-state index is 14.2. The quantitative estimate of drug-likeness (QED) is 0.781. The maximum Gasteiger partial charge on any atom is 0.168 e. The Morgan fingerprint density at radius 2 is 2.00 bits per heavy atom. The number of rotatable bonds is 4. The summed E-state index contributed by atoms with van der Waals surface area (Å²) < 4.78 is 16.0. The Bertz CT molecular complexity index is 864. The highest BCUT2D eigenvalue weighted by Crippen LogP contribution is 2.32. The predicted molar refractivity (Wildman–Crippen MR) is 96.7 cm³/mol. The molecule has 26 heavy (non-hydrogen) atoms. The summed E-state index contributed by atoms with van der Waals surface area (Å²) in [6.45, 7) is 2.63. The summed E-state index contributed by atoms with van der Waals surface area (Å²) in [5, 5.41) is 17.4. The van der Waals surface area contributed by atoms with Crippen LogP contribution in [-0.2, 0) is 6.54 Å². The number of phenols is 1. The maximum atomic E-state index is 14.2. The second-order valence-electron chi connectivity index (χ2n) is 6.77. The van der Waals surface area contributed by atoms with E-state index in [1.54, 1.807) is 23.0 Å². The first kappa shape index (κ1) is 16.7. The first-order valence-electron chi connectivity index (χ1n) is 8.86. The van der Waals surface area contributed by atoms with Crippen molar-refractivity contribution >= 4 is 0 Å². The Hall–Kier alpha value is -2.73. The minimum atomic E-state index is -0.475. The average molecular weight is 352 g/mol. The Morgan fingerprint density at radius 3 is 2.77 bits per heavy atom. The van der Waals surface area contributed by atoms with Gasteiger partial charge < -0.3 is 5.11 Å². The highest BCUT2D eigenvalue weighted by Gasteiger charge is 2.24. The van der Waals surface area contributed by atoms with Crippen LogP contribution in [0.1, 0.15) is 29.9 Å². The molecule has 1 unspecified atom stereocenters. The zero-order valence-corrected chi connectivity index (χ0v) is 14.4. The fraction of sp³-hybridized carbons (Fsp3) is 0.300. The highest BCUT2D eigenvalue weighted by atomic mass is 19.1. The van der Waals surface area contributed by atoms with Gasteiger partial charge in [0.25, 0.3) is 0 Å². The zero-order valence-electron chi connectivity index (χ0n) is 14.4. The molecule has 3 aromatic rings. The summed E-state index contributed by atoms with van der Waals surface area (Å²) in [4.78, 5) is 2.35. The van der Waals surface area contributed by atoms with Gasteiger partial charge in [0.05, 0.1) is 18.1 Å². The van der Waals surface area contributed by atoms with Gasteiger partial charge in [-0.15, -0.1) is 5.10 Å². The smallest absolute Gasteiger partial charge is 0.168 e. The van der Waals surface area contributed by atoms with Crippen LogP contribution in [0.2, 0.25) is 0 Å². The number of piperidine rings is 1. The number of hydrogen-bond donors (Lipinski definition) is 1. The van der Waals surface area contributed by atoms with Crippen molar-refractivity contribution in [1.82, 2.24) is 19.9 Å². The molecular weight excluding hydrogens is 331 g/mol. The van der Waals surface area contributed by atoms with Gasteiger partial charge >= 0.3 is 0 Å². The number of aromatic hydroxyl groups is 1. The lowest BCUT2D eigenvalue weighted by Crippen LogP contribution is -2.34. The van der Waals surface area contributed by atoms with Gasteiger partial charge in [-0.1, -0.05) is 29.5 Å². The van der Waals surface area contributed by atoms with Crippen LogP contribution in [0.4, 0.5) is 4.39 Å². The molecule has 0 spiro atoms. The zero-order chi connectivity index (χ0) is 17.9. The van der Waals surface area contributed by atoms with Gasteiger partial charge in [0.15, 0.2) is 11.6 Å². The molecule has 134 valence electrons. The van der Waals surface area contributed by atoms with E-state index in [9.17, 15) is 9.50 Å². The van der Waals surface area contributed by atoms with Crippen LogP contribution in [0, 0.1) is 5.82 Å². The number of nitrogens with zero attached hydrogens (tertiary/aromatic N) is 4. The number of phenolic OH excluding ortho intramolecular Hbond substituents is 1. The summed E-state index contributed by atoms with van der Waals surface area (Å²) >= 11 is 0. The molecule has 1 saturated heterocycles. The molecule has 6 heteroatoms. The van der Waals surface area contributed by atoms with Gasteiger partial charge in [-0.25, -0.2) is 9.07 Å². The van der Waals surface area contributed by atoms with Crippen molar-refractivity contribution in [1.29, 1.82) is 0 Å². The van der Waals surface area contributed by atoms with Crippen LogP contribution in [0.3, 0.4) is 0 Å². The van der Waals surface area contributed by atoms with Crippen LogP contribution in [0.25, 0.3) is 5.69 Å². The third-order valence-electron chi connectivity index (χ3n) is 4.98. The molecule has 2 aromatic carbocycles.